The summed E-state index contributed by atoms with van der Waals surface area (Å²) in [5.74, 6) is 0.152. The number of rotatable bonds is 6. The number of aryl methyl sites for hydroxylation is 1. The highest BCUT2D eigenvalue weighted by molar-refractivity contribution is 5.81. The molecule has 1 aromatic heterocycles. The molecule has 2 aromatic rings. The lowest BCUT2D eigenvalue weighted by molar-refractivity contribution is -0.186. The molecular formula is C21H23F3N2O2. The number of anilines is 1. The molecule has 3 rings (SSSR count). The number of likely N-dealkylation sites (N-methyl/N-ethyl adjacent to an activating group) is 1. The Labute approximate surface area is 162 Å². The minimum Gasteiger partial charge on any atom is -0.496 e. The summed E-state index contributed by atoms with van der Waals surface area (Å²) < 4.78 is 48.6. The van der Waals surface area contributed by atoms with Crippen molar-refractivity contribution < 1.29 is 22.6 Å². The molecule has 1 aliphatic heterocycles. The first-order valence-corrected chi connectivity index (χ1v) is 9.04. The molecule has 150 valence electrons. The first-order chi connectivity index (χ1) is 13.3. The smallest absolute Gasteiger partial charge is 0.427 e. The lowest BCUT2D eigenvalue weighted by Crippen LogP contribution is -2.27. The van der Waals surface area contributed by atoms with E-state index in [2.05, 4.69) is 28.7 Å². The van der Waals surface area contributed by atoms with Crippen molar-refractivity contribution in [2.45, 2.75) is 26.9 Å². The molecule has 0 N–H and O–H groups in total. The summed E-state index contributed by atoms with van der Waals surface area (Å²) >= 11 is 0. The fourth-order valence-corrected chi connectivity index (χ4v) is 3.27. The summed E-state index contributed by atoms with van der Waals surface area (Å²) in [5, 5.41) is 0. The van der Waals surface area contributed by atoms with Crippen LogP contribution in [-0.4, -0.2) is 38.0 Å². The van der Waals surface area contributed by atoms with Crippen LogP contribution in [0.5, 0.6) is 11.5 Å². The molecule has 0 unspecified atom stereocenters. The van der Waals surface area contributed by atoms with Crippen LogP contribution >= 0.6 is 0 Å². The number of fused-ring (bicyclic) bond motifs is 1. The van der Waals surface area contributed by atoms with E-state index >= 15 is 0 Å². The summed E-state index contributed by atoms with van der Waals surface area (Å²) in [5.41, 5.74) is 5.34. The predicted octanol–water partition coefficient (Wildman–Crippen LogP) is 5.25. The molecule has 28 heavy (non-hydrogen) atoms. The molecule has 1 aromatic carbocycles. The summed E-state index contributed by atoms with van der Waals surface area (Å²) in [6, 6.07) is 6.37. The first kappa shape index (κ1) is 20.0. The van der Waals surface area contributed by atoms with E-state index in [0.717, 1.165) is 35.6 Å². The highest BCUT2D eigenvalue weighted by Gasteiger charge is 2.32. The predicted molar refractivity (Wildman–Crippen MR) is 104 cm³/mol. The number of hydrogen-bond donors (Lipinski definition) is 0. The van der Waals surface area contributed by atoms with Gasteiger partial charge in [-0.2, -0.15) is 8.78 Å². The average Bonchev–Trinajstić information content (AvgIpc) is 2.68. The summed E-state index contributed by atoms with van der Waals surface area (Å²) in [7, 11) is 1.44. The van der Waals surface area contributed by atoms with Gasteiger partial charge in [0, 0.05) is 24.7 Å². The minimum atomic E-state index is -3.88. The van der Waals surface area contributed by atoms with Gasteiger partial charge in [-0.05, 0) is 50.1 Å². The van der Waals surface area contributed by atoms with Crippen molar-refractivity contribution in [2.75, 3.05) is 31.8 Å². The topological polar surface area (TPSA) is 34.6 Å². The van der Waals surface area contributed by atoms with Gasteiger partial charge in [-0.1, -0.05) is 6.08 Å². The van der Waals surface area contributed by atoms with Crippen LogP contribution < -0.4 is 14.4 Å². The van der Waals surface area contributed by atoms with Crippen LogP contribution in [0.15, 0.2) is 30.3 Å². The molecule has 1 aliphatic rings. The van der Waals surface area contributed by atoms with Gasteiger partial charge in [0.25, 0.3) is 0 Å². The first-order valence-electron chi connectivity index (χ1n) is 9.04. The van der Waals surface area contributed by atoms with Crippen molar-refractivity contribution in [3.63, 3.8) is 0 Å². The van der Waals surface area contributed by atoms with E-state index in [4.69, 9.17) is 9.72 Å². The van der Waals surface area contributed by atoms with Gasteiger partial charge in [0.15, 0.2) is 6.67 Å². The number of benzene rings is 1. The Morgan fingerprint density at radius 2 is 1.93 bits per heavy atom. The lowest BCUT2D eigenvalue weighted by Gasteiger charge is -2.29. The molecule has 0 fully saturated rings. The Kier molecular flexibility index (Phi) is 5.54. The highest BCUT2D eigenvalue weighted by Crippen LogP contribution is 2.39. The maximum absolute atomic E-state index is 13.2. The van der Waals surface area contributed by atoms with Crippen LogP contribution in [0.25, 0.3) is 16.8 Å². The number of methoxy groups -OCH3 is 1. The quantitative estimate of drug-likeness (QED) is 0.673. The summed E-state index contributed by atoms with van der Waals surface area (Å²) in [6.07, 6.45) is -1.75. The number of aromatic nitrogens is 1. The number of hydrogen-bond acceptors (Lipinski definition) is 4. The average molecular weight is 392 g/mol. The third-order valence-corrected chi connectivity index (χ3v) is 4.76. The Bertz CT molecular complexity index is 913. The summed E-state index contributed by atoms with van der Waals surface area (Å²) in [4.78, 5) is 7.09. The maximum Gasteiger partial charge on any atom is 0.427 e. The number of pyridine rings is 1. The molecule has 0 amide bonds. The van der Waals surface area contributed by atoms with Crippen LogP contribution in [0.3, 0.4) is 0 Å². The van der Waals surface area contributed by atoms with Gasteiger partial charge < -0.3 is 14.4 Å². The van der Waals surface area contributed by atoms with Gasteiger partial charge in [0.1, 0.15) is 11.5 Å². The van der Waals surface area contributed by atoms with E-state index in [9.17, 15) is 13.2 Å². The van der Waals surface area contributed by atoms with Crippen LogP contribution in [-0.2, 0) is 0 Å². The third-order valence-electron chi connectivity index (χ3n) is 4.76. The van der Waals surface area contributed by atoms with Crippen LogP contribution in [0.4, 0.5) is 18.9 Å². The molecule has 0 spiro atoms. The van der Waals surface area contributed by atoms with E-state index in [1.807, 2.05) is 13.8 Å². The molecule has 0 saturated carbocycles. The number of nitrogens with zero attached hydrogens (tertiary/aromatic N) is 2. The van der Waals surface area contributed by atoms with Crippen LogP contribution in [0.1, 0.15) is 25.1 Å². The molecule has 0 aliphatic carbocycles. The van der Waals surface area contributed by atoms with Crippen molar-refractivity contribution in [3.8, 4) is 22.8 Å². The van der Waals surface area contributed by atoms with Crippen molar-refractivity contribution >= 4 is 11.3 Å². The molecule has 0 saturated heterocycles. The zero-order valence-electron chi connectivity index (χ0n) is 16.4. The minimum absolute atomic E-state index is 0.174. The third kappa shape index (κ3) is 3.79. The van der Waals surface area contributed by atoms with E-state index < -0.39 is 12.8 Å². The standard InChI is InChI=1S/C21H23F3N2O2/c1-5-26-9-8-13(2)20-17(26)10-14(3)19(25-20)16-7-6-15(11-18(16)27-4)28-21(23,24)12-22/h6-8,10-11H,5,9,12H2,1-4H3. The van der Waals surface area contributed by atoms with Gasteiger partial charge in [0.2, 0.25) is 0 Å². The lowest BCUT2D eigenvalue weighted by atomic mass is 9.99. The number of ether oxygens (including phenoxy) is 2. The number of allylic oxidation sites excluding steroid dienone is 1. The van der Waals surface area contributed by atoms with Gasteiger partial charge in [-0.25, -0.2) is 9.37 Å². The number of halogens is 3. The second-order valence-electron chi connectivity index (χ2n) is 6.68. The Hall–Kier alpha value is -2.70. The zero-order chi connectivity index (χ0) is 20.5. The van der Waals surface area contributed by atoms with Crippen molar-refractivity contribution in [2.24, 2.45) is 0 Å². The van der Waals surface area contributed by atoms with E-state index in [0.29, 0.717) is 17.0 Å². The molecule has 0 bridgehead atoms. The highest BCUT2D eigenvalue weighted by atomic mass is 19.3. The molecule has 0 atom stereocenters. The van der Waals surface area contributed by atoms with Crippen molar-refractivity contribution in [3.05, 3.63) is 41.6 Å². The SMILES string of the molecule is CCN1CC=C(C)c2nc(-c3ccc(OC(F)(F)CF)cc3OC)c(C)cc21. The van der Waals surface area contributed by atoms with E-state index in [1.54, 1.807) is 6.07 Å². The Morgan fingerprint density at radius 1 is 1.18 bits per heavy atom. The van der Waals surface area contributed by atoms with Crippen molar-refractivity contribution in [1.82, 2.24) is 4.98 Å². The van der Waals surface area contributed by atoms with Crippen LogP contribution in [0.2, 0.25) is 0 Å². The normalized spacial score (nSPS) is 13.8. The van der Waals surface area contributed by atoms with Crippen molar-refractivity contribution in [1.29, 1.82) is 0 Å². The molecule has 7 heteroatoms. The van der Waals surface area contributed by atoms with E-state index in [-0.39, 0.29) is 5.75 Å². The van der Waals surface area contributed by atoms with Crippen LogP contribution in [0, 0.1) is 6.92 Å². The molecule has 4 nitrogen and oxygen atoms in total. The fourth-order valence-electron chi connectivity index (χ4n) is 3.27. The second kappa shape index (κ2) is 7.73. The second-order valence-corrected chi connectivity index (χ2v) is 6.68. The van der Waals surface area contributed by atoms with Gasteiger partial charge in [-0.15, -0.1) is 0 Å². The largest absolute Gasteiger partial charge is 0.496 e. The maximum atomic E-state index is 13.2. The molecule has 0 radical (unpaired) electrons. The Morgan fingerprint density at radius 3 is 2.57 bits per heavy atom. The Balaban J connectivity index is 2.07. The van der Waals surface area contributed by atoms with E-state index in [1.165, 1.54) is 19.2 Å². The van der Waals surface area contributed by atoms with Gasteiger partial charge in [0.05, 0.1) is 24.2 Å². The molecule has 2 heterocycles. The van der Waals surface area contributed by atoms with Gasteiger partial charge >= 0.3 is 6.11 Å². The fraction of sp³-hybridized carbons (Fsp3) is 0.381. The zero-order valence-corrected chi connectivity index (χ0v) is 16.4. The van der Waals surface area contributed by atoms with Gasteiger partial charge in [-0.3, -0.25) is 0 Å². The summed E-state index contributed by atoms with van der Waals surface area (Å²) in [6.45, 7) is 5.87. The number of alkyl halides is 3. The molecular weight excluding hydrogens is 369 g/mol. The monoisotopic (exact) mass is 392 g/mol.